The first kappa shape index (κ1) is 18.2. The van der Waals surface area contributed by atoms with E-state index in [-0.39, 0.29) is 11.8 Å². The second-order valence-electron chi connectivity index (χ2n) is 6.30. The van der Waals surface area contributed by atoms with E-state index in [0.29, 0.717) is 18.8 Å². The Morgan fingerprint density at radius 2 is 2.09 bits per heavy atom. The summed E-state index contributed by atoms with van der Waals surface area (Å²) in [4.78, 5) is 16.0. The molecule has 1 aromatic heterocycles. The molecule has 0 saturated heterocycles. The quantitative estimate of drug-likeness (QED) is 0.752. The summed E-state index contributed by atoms with van der Waals surface area (Å²) in [5.41, 5.74) is 0.952. The molecule has 0 radical (unpaired) electrons. The first-order valence-electron chi connectivity index (χ1n) is 7.57. The van der Waals surface area contributed by atoms with Gasteiger partial charge in [0.25, 0.3) is 0 Å². The Balaban J connectivity index is 2.44. The molecule has 22 heavy (non-hydrogen) atoms. The number of ether oxygens (including phenoxy) is 1. The number of carbonyl (C=O) groups excluding carboxylic acids is 1. The molecule has 0 aliphatic rings. The predicted octanol–water partition coefficient (Wildman–Crippen LogP) is 2.49. The van der Waals surface area contributed by atoms with E-state index in [4.69, 9.17) is 4.74 Å². The molecule has 1 heterocycles. The Labute approximate surface area is 132 Å². The van der Waals surface area contributed by atoms with E-state index in [0.717, 1.165) is 12.1 Å². The zero-order valence-electron chi connectivity index (χ0n) is 14.1. The van der Waals surface area contributed by atoms with Crippen molar-refractivity contribution in [2.45, 2.75) is 59.2 Å². The van der Waals surface area contributed by atoms with Gasteiger partial charge in [0.1, 0.15) is 11.4 Å². The number of hydrogen-bond donors (Lipinski definition) is 3. The highest BCUT2D eigenvalue weighted by atomic mass is 16.6. The van der Waals surface area contributed by atoms with Gasteiger partial charge in [-0.25, -0.2) is 4.79 Å². The van der Waals surface area contributed by atoms with Gasteiger partial charge in [0.05, 0.1) is 5.69 Å². The number of carbonyl (C=O) groups is 1. The molecule has 124 valence electrons. The molecule has 1 amide bonds. The van der Waals surface area contributed by atoms with Crippen LogP contribution in [0.4, 0.5) is 4.79 Å². The number of amides is 1. The summed E-state index contributed by atoms with van der Waals surface area (Å²) in [7, 11) is 0. The number of aromatic hydroxyl groups is 1. The van der Waals surface area contributed by atoms with Crippen LogP contribution in [0.3, 0.4) is 0 Å². The van der Waals surface area contributed by atoms with E-state index < -0.39 is 11.7 Å². The molecule has 0 aliphatic heterocycles. The van der Waals surface area contributed by atoms with Crippen molar-refractivity contribution < 1.29 is 14.6 Å². The van der Waals surface area contributed by atoms with Crippen LogP contribution < -0.4 is 10.6 Å². The van der Waals surface area contributed by atoms with Crippen LogP contribution >= 0.6 is 0 Å². The van der Waals surface area contributed by atoms with E-state index in [2.05, 4.69) is 15.6 Å². The van der Waals surface area contributed by atoms with Gasteiger partial charge in [-0.1, -0.05) is 6.92 Å². The minimum atomic E-state index is -0.507. The van der Waals surface area contributed by atoms with Crippen molar-refractivity contribution in [1.29, 1.82) is 0 Å². The lowest BCUT2D eigenvalue weighted by Gasteiger charge is -2.23. The summed E-state index contributed by atoms with van der Waals surface area (Å²) < 4.78 is 5.24. The van der Waals surface area contributed by atoms with Crippen LogP contribution in [0, 0.1) is 6.92 Å². The zero-order chi connectivity index (χ0) is 16.8. The molecule has 6 heteroatoms. The third-order valence-corrected chi connectivity index (χ3v) is 2.99. The lowest BCUT2D eigenvalue weighted by Crippen LogP contribution is -2.43. The van der Waals surface area contributed by atoms with Gasteiger partial charge in [-0.15, -0.1) is 0 Å². The molecule has 1 aromatic rings. The van der Waals surface area contributed by atoms with Crippen LogP contribution in [0.15, 0.2) is 12.1 Å². The van der Waals surface area contributed by atoms with Crippen molar-refractivity contribution in [1.82, 2.24) is 15.6 Å². The average molecular weight is 309 g/mol. The highest BCUT2D eigenvalue weighted by molar-refractivity contribution is 5.68. The molecule has 0 aromatic carbocycles. The summed E-state index contributed by atoms with van der Waals surface area (Å²) in [6.07, 6.45) is 0.358. The molecule has 3 N–H and O–H groups in total. The summed E-state index contributed by atoms with van der Waals surface area (Å²) in [6, 6.07) is 3.36. The van der Waals surface area contributed by atoms with Gasteiger partial charge in [-0.2, -0.15) is 0 Å². The third kappa shape index (κ3) is 6.76. The van der Waals surface area contributed by atoms with Crippen LogP contribution in [0.5, 0.6) is 5.75 Å². The van der Waals surface area contributed by atoms with Gasteiger partial charge in [-0.3, -0.25) is 4.98 Å². The number of hydrogen-bond acceptors (Lipinski definition) is 5. The van der Waals surface area contributed by atoms with Gasteiger partial charge < -0.3 is 20.5 Å². The van der Waals surface area contributed by atoms with Gasteiger partial charge in [0, 0.05) is 24.8 Å². The lowest BCUT2D eigenvalue weighted by molar-refractivity contribution is 0.0502. The molecule has 0 fully saturated rings. The fourth-order valence-electron chi connectivity index (χ4n) is 1.87. The maximum atomic E-state index is 11.7. The number of aromatic nitrogens is 1. The molecule has 6 nitrogen and oxygen atoms in total. The summed E-state index contributed by atoms with van der Waals surface area (Å²) in [5.74, 6) is 0.172. The van der Waals surface area contributed by atoms with Crippen LogP contribution in [0.2, 0.25) is 0 Å². The molecule has 1 unspecified atom stereocenters. The smallest absolute Gasteiger partial charge is 0.407 e. The van der Waals surface area contributed by atoms with Crippen LogP contribution in [-0.2, 0) is 11.3 Å². The highest BCUT2D eigenvalue weighted by Gasteiger charge is 2.18. The Hall–Kier alpha value is -1.82. The molecule has 0 saturated carbocycles. The molecular weight excluding hydrogens is 282 g/mol. The fourth-order valence-corrected chi connectivity index (χ4v) is 1.87. The summed E-state index contributed by atoms with van der Waals surface area (Å²) in [6.45, 7) is 10.4. The number of alkyl carbamates (subject to hydrolysis) is 1. The van der Waals surface area contributed by atoms with Crippen molar-refractivity contribution in [2.24, 2.45) is 0 Å². The van der Waals surface area contributed by atoms with Crippen molar-refractivity contribution in [2.75, 3.05) is 6.54 Å². The third-order valence-electron chi connectivity index (χ3n) is 2.99. The van der Waals surface area contributed by atoms with Crippen molar-refractivity contribution in [3.05, 3.63) is 23.5 Å². The molecular formula is C16H27N3O3. The monoisotopic (exact) mass is 309 g/mol. The van der Waals surface area contributed by atoms with Crippen molar-refractivity contribution in [3.8, 4) is 5.75 Å². The van der Waals surface area contributed by atoms with E-state index >= 15 is 0 Å². The Bertz CT molecular complexity index is 498. The minimum absolute atomic E-state index is 0.0400. The van der Waals surface area contributed by atoms with Crippen LogP contribution in [0.25, 0.3) is 0 Å². The molecule has 0 aliphatic carbocycles. The maximum Gasteiger partial charge on any atom is 0.407 e. The SMILES string of the molecule is CCC(CNCc1nc(C)ccc1O)NC(=O)OC(C)(C)C. The Morgan fingerprint density at radius 1 is 1.41 bits per heavy atom. The topological polar surface area (TPSA) is 83.5 Å². The first-order valence-corrected chi connectivity index (χ1v) is 7.57. The average Bonchev–Trinajstić information content (AvgIpc) is 2.39. The first-order chi connectivity index (χ1) is 10.2. The summed E-state index contributed by atoms with van der Waals surface area (Å²) in [5, 5.41) is 15.8. The summed E-state index contributed by atoms with van der Waals surface area (Å²) >= 11 is 0. The number of rotatable bonds is 6. The molecule has 1 rings (SSSR count). The Kier molecular flexibility index (Phi) is 6.61. The minimum Gasteiger partial charge on any atom is -0.506 e. The number of nitrogens with zero attached hydrogens (tertiary/aromatic N) is 1. The molecule has 1 atom stereocenters. The van der Waals surface area contributed by atoms with Gasteiger partial charge in [-0.05, 0) is 46.2 Å². The largest absolute Gasteiger partial charge is 0.506 e. The van der Waals surface area contributed by atoms with Crippen molar-refractivity contribution >= 4 is 6.09 Å². The van der Waals surface area contributed by atoms with E-state index in [9.17, 15) is 9.90 Å². The van der Waals surface area contributed by atoms with Crippen molar-refractivity contribution in [3.63, 3.8) is 0 Å². The maximum absolute atomic E-state index is 11.7. The molecule has 0 spiro atoms. The number of nitrogens with one attached hydrogen (secondary N) is 2. The highest BCUT2D eigenvalue weighted by Crippen LogP contribution is 2.14. The van der Waals surface area contributed by atoms with Gasteiger partial charge in [0.15, 0.2) is 0 Å². The lowest BCUT2D eigenvalue weighted by atomic mass is 10.2. The van der Waals surface area contributed by atoms with E-state index in [1.165, 1.54) is 0 Å². The van der Waals surface area contributed by atoms with E-state index in [1.807, 2.05) is 34.6 Å². The van der Waals surface area contributed by atoms with Crippen LogP contribution in [0.1, 0.15) is 45.5 Å². The van der Waals surface area contributed by atoms with Crippen LogP contribution in [-0.4, -0.2) is 34.4 Å². The van der Waals surface area contributed by atoms with E-state index in [1.54, 1.807) is 12.1 Å². The second-order valence-corrected chi connectivity index (χ2v) is 6.30. The fraction of sp³-hybridized carbons (Fsp3) is 0.625. The molecule has 0 bridgehead atoms. The number of aryl methyl sites for hydroxylation is 1. The van der Waals surface area contributed by atoms with Gasteiger partial charge >= 0.3 is 6.09 Å². The van der Waals surface area contributed by atoms with Gasteiger partial charge in [0.2, 0.25) is 0 Å². The predicted molar refractivity (Wildman–Crippen MR) is 85.8 cm³/mol. The normalized spacial score (nSPS) is 12.8. The second kappa shape index (κ2) is 7.98. The number of pyridine rings is 1. The Morgan fingerprint density at radius 3 is 2.68 bits per heavy atom. The zero-order valence-corrected chi connectivity index (χ0v) is 14.1. The standard InChI is InChI=1S/C16H27N3O3/c1-6-12(19-15(21)22-16(3,4)5)9-17-10-13-14(20)8-7-11(2)18-13/h7-8,12,17,20H,6,9-10H2,1-5H3,(H,19,21).